The zero-order chi connectivity index (χ0) is 13.1. The molecule has 0 aliphatic heterocycles. The molecule has 96 valence electrons. The van der Waals surface area contributed by atoms with Crippen LogP contribution in [0.3, 0.4) is 0 Å². The van der Waals surface area contributed by atoms with E-state index in [2.05, 4.69) is 15.3 Å². The van der Waals surface area contributed by atoms with Gasteiger partial charge in [0.1, 0.15) is 5.92 Å². The minimum atomic E-state index is -0.449. The first-order valence-corrected chi connectivity index (χ1v) is 5.98. The predicted octanol–water partition coefficient (Wildman–Crippen LogP) is 1.43. The van der Waals surface area contributed by atoms with Crippen LogP contribution in [0, 0.1) is 5.92 Å². The summed E-state index contributed by atoms with van der Waals surface area (Å²) < 4.78 is 6.68. The lowest BCUT2D eigenvalue weighted by molar-refractivity contribution is -0.146. The van der Waals surface area contributed by atoms with E-state index in [9.17, 15) is 4.79 Å². The topological polar surface area (TPSA) is 69.4 Å². The van der Waals surface area contributed by atoms with Gasteiger partial charge in [-0.1, -0.05) is 13.8 Å². The van der Waals surface area contributed by atoms with Crippen LogP contribution in [0.4, 0.5) is 0 Å². The molecule has 2 heterocycles. The number of carbonyl (C=O) groups is 1. The van der Waals surface area contributed by atoms with Crippen LogP contribution in [-0.2, 0) is 9.53 Å². The molecule has 6 nitrogen and oxygen atoms in total. The molecule has 0 radical (unpaired) electrons. The van der Waals surface area contributed by atoms with Gasteiger partial charge >= 0.3 is 5.97 Å². The third-order valence-electron chi connectivity index (χ3n) is 2.69. The summed E-state index contributed by atoms with van der Waals surface area (Å²) in [6.45, 7) is 6.04. The minimum absolute atomic E-state index is 0.0680. The summed E-state index contributed by atoms with van der Waals surface area (Å²) in [6, 6.07) is 3.58. The van der Waals surface area contributed by atoms with Gasteiger partial charge in [-0.2, -0.15) is 9.61 Å². The van der Waals surface area contributed by atoms with Gasteiger partial charge in [-0.05, 0) is 25.0 Å². The molecular formula is C12H16N4O2. The standard InChI is InChI=1S/C12H16N4O2/c1-4-18-12(17)10(8(2)3)11-15-14-9-6-5-7-13-16(9)11/h5-8,10H,4H2,1-3H3. The van der Waals surface area contributed by atoms with E-state index < -0.39 is 5.92 Å². The lowest BCUT2D eigenvalue weighted by Crippen LogP contribution is -2.23. The van der Waals surface area contributed by atoms with Crippen molar-refractivity contribution >= 4 is 11.6 Å². The smallest absolute Gasteiger partial charge is 0.317 e. The summed E-state index contributed by atoms with van der Waals surface area (Å²) in [5.74, 6) is -0.139. The molecule has 18 heavy (non-hydrogen) atoms. The van der Waals surface area contributed by atoms with E-state index in [-0.39, 0.29) is 11.9 Å². The molecule has 2 rings (SSSR count). The second-order valence-corrected chi connectivity index (χ2v) is 4.33. The molecule has 0 aliphatic carbocycles. The molecule has 2 aromatic heterocycles. The van der Waals surface area contributed by atoms with Crippen molar-refractivity contribution in [2.75, 3.05) is 6.61 Å². The van der Waals surface area contributed by atoms with Crippen LogP contribution in [0.2, 0.25) is 0 Å². The molecule has 0 N–H and O–H groups in total. The van der Waals surface area contributed by atoms with Crippen molar-refractivity contribution < 1.29 is 9.53 Å². The minimum Gasteiger partial charge on any atom is -0.465 e. The fourth-order valence-electron chi connectivity index (χ4n) is 1.86. The Morgan fingerprint density at radius 1 is 1.44 bits per heavy atom. The van der Waals surface area contributed by atoms with E-state index in [1.54, 1.807) is 29.8 Å². The lowest BCUT2D eigenvalue weighted by atomic mass is 9.95. The van der Waals surface area contributed by atoms with Crippen LogP contribution in [0.1, 0.15) is 32.5 Å². The Hall–Kier alpha value is -1.98. The van der Waals surface area contributed by atoms with E-state index in [0.29, 0.717) is 18.1 Å². The maximum Gasteiger partial charge on any atom is 0.317 e. The number of fused-ring (bicyclic) bond motifs is 1. The average Bonchev–Trinajstić information content (AvgIpc) is 2.74. The fourth-order valence-corrected chi connectivity index (χ4v) is 1.86. The fraction of sp³-hybridized carbons (Fsp3) is 0.500. The van der Waals surface area contributed by atoms with Crippen LogP contribution in [-0.4, -0.2) is 32.4 Å². The van der Waals surface area contributed by atoms with Gasteiger partial charge in [0.2, 0.25) is 0 Å². The zero-order valence-electron chi connectivity index (χ0n) is 10.7. The SMILES string of the molecule is CCOC(=O)C(c1nnc2cccnn12)C(C)C. The summed E-state index contributed by atoms with van der Waals surface area (Å²) in [4.78, 5) is 12.0. The highest BCUT2D eigenvalue weighted by Crippen LogP contribution is 2.24. The Morgan fingerprint density at radius 3 is 2.89 bits per heavy atom. The third kappa shape index (κ3) is 2.18. The molecule has 0 amide bonds. The molecule has 0 aliphatic rings. The molecule has 0 fully saturated rings. The molecule has 0 saturated carbocycles. The van der Waals surface area contributed by atoms with E-state index >= 15 is 0 Å². The monoisotopic (exact) mass is 248 g/mol. The second-order valence-electron chi connectivity index (χ2n) is 4.33. The molecular weight excluding hydrogens is 232 g/mol. The predicted molar refractivity (Wildman–Crippen MR) is 65.0 cm³/mol. The number of ether oxygens (including phenoxy) is 1. The molecule has 0 spiro atoms. The first-order chi connectivity index (χ1) is 8.65. The van der Waals surface area contributed by atoms with Crippen molar-refractivity contribution in [2.24, 2.45) is 5.92 Å². The molecule has 2 aromatic rings. The number of aromatic nitrogens is 4. The second kappa shape index (κ2) is 5.12. The highest BCUT2D eigenvalue weighted by Gasteiger charge is 2.30. The van der Waals surface area contributed by atoms with Crippen LogP contribution in [0.25, 0.3) is 5.65 Å². The highest BCUT2D eigenvalue weighted by molar-refractivity contribution is 5.77. The van der Waals surface area contributed by atoms with Gasteiger partial charge < -0.3 is 4.74 Å². The number of hydrogen-bond donors (Lipinski definition) is 0. The highest BCUT2D eigenvalue weighted by atomic mass is 16.5. The Kier molecular flexibility index (Phi) is 3.55. The maximum absolute atomic E-state index is 12.0. The van der Waals surface area contributed by atoms with Crippen LogP contribution >= 0.6 is 0 Å². The molecule has 1 unspecified atom stereocenters. The summed E-state index contributed by atoms with van der Waals surface area (Å²) >= 11 is 0. The summed E-state index contributed by atoms with van der Waals surface area (Å²) in [5.41, 5.74) is 0.627. The summed E-state index contributed by atoms with van der Waals surface area (Å²) in [5, 5.41) is 12.2. The number of nitrogens with zero attached hydrogens (tertiary/aromatic N) is 4. The van der Waals surface area contributed by atoms with Gasteiger partial charge in [-0.3, -0.25) is 4.79 Å². The largest absolute Gasteiger partial charge is 0.465 e. The van der Waals surface area contributed by atoms with Crippen LogP contribution < -0.4 is 0 Å². The number of hydrogen-bond acceptors (Lipinski definition) is 5. The number of esters is 1. The molecule has 0 bridgehead atoms. The summed E-state index contributed by atoms with van der Waals surface area (Å²) in [7, 11) is 0. The van der Waals surface area contributed by atoms with Gasteiger partial charge in [0, 0.05) is 6.20 Å². The van der Waals surface area contributed by atoms with Crippen LogP contribution in [0.15, 0.2) is 18.3 Å². The van der Waals surface area contributed by atoms with E-state index in [0.717, 1.165) is 0 Å². The van der Waals surface area contributed by atoms with Gasteiger partial charge in [0.15, 0.2) is 11.5 Å². The van der Waals surface area contributed by atoms with Crippen molar-refractivity contribution in [1.29, 1.82) is 0 Å². The van der Waals surface area contributed by atoms with Crippen molar-refractivity contribution in [1.82, 2.24) is 19.8 Å². The first-order valence-electron chi connectivity index (χ1n) is 5.98. The average molecular weight is 248 g/mol. The summed E-state index contributed by atoms with van der Waals surface area (Å²) in [6.07, 6.45) is 1.64. The lowest BCUT2D eigenvalue weighted by Gasteiger charge is -2.16. The van der Waals surface area contributed by atoms with E-state index in [4.69, 9.17) is 4.74 Å². The first kappa shape index (κ1) is 12.5. The maximum atomic E-state index is 12.0. The normalized spacial score (nSPS) is 12.9. The molecule has 6 heteroatoms. The Labute approximate surface area is 105 Å². The van der Waals surface area contributed by atoms with Crippen molar-refractivity contribution in [2.45, 2.75) is 26.7 Å². The molecule has 0 saturated heterocycles. The van der Waals surface area contributed by atoms with Gasteiger partial charge in [-0.25, -0.2) is 0 Å². The number of carbonyl (C=O) groups excluding carboxylic acids is 1. The van der Waals surface area contributed by atoms with Crippen LogP contribution in [0.5, 0.6) is 0 Å². The molecule has 0 aromatic carbocycles. The van der Waals surface area contributed by atoms with E-state index in [1.165, 1.54) is 0 Å². The van der Waals surface area contributed by atoms with Crippen molar-refractivity contribution in [3.63, 3.8) is 0 Å². The quantitative estimate of drug-likeness (QED) is 0.765. The third-order valence-corrected chi connectivity index (χ3v) is 2.69. The Bertz CT molecular complexity index is 550. The molecule has 1 atom stereocenters. The zero-order valence-corrected chi connectivity index (χ0v) is 10.7. The van der Waals surface area contributed by atoms with E-state index in [1.807, 2.05) is 13.8 Å². The van der Waals surface area contributed by atoms with Gasteiger partial charge in [0.05, 0.1) is 6.61 Å². The number of rotatable bonds is 4. The van der Waals surface area contributed by atoms with Crippen molar-refractivity contribution in [3.05, 3.63) is 24.2 Å². The Balaban J connectivity index is 2.45. The van der Waals surface area contributed by atoms with Gasteiger partial charge in [-0.15, -0.1) is 10.2 Å². The van der Waals surface area contributed by atoms with Crippen molar-refractivity contribution in [3.8, 4) is 0 Å². The Morgan fingerprint density at radius 2 is 2.22 bits per heavy atom. The van der Waals surface area contributed by atoms with Gasteiger partial charge in [0.25, 0.3) is 0 Å².